The van der Waals surface area contributed by atoms with Crippen molar-refractivity contribution in [3.8, 4) is 0 Å². The number of benzene rings is 2. The van der Waals surface area contributed by atoms with Crippen LogP contribution in [0.1, 0.15) is 74.7 Å². The molecule has 2 heterocycles. The zero-order valence-electron chi connectivity index (χ0n) is 21.0. The molecule has 2 aromatic rings. The lowest BCUT2D eigenvalue weighted by atomic mass is 9.99. The maximum atomic E-state index is 12.8. The van der Waals surface area contributed by atoms with E-state index in [-0.39, 0.29) is 30.8 Å². The van der Waals surface area contributed by atoms with Crippen LogP contribution in [0.4, 0.5) is 0 Å². The minimum atomic E-state index is -0.523. The van der Waals surface area contributed by atoms with Gasteiger partial charge in [-0.3, -0.25) is 9.69 Å². The van der Waals surface area contributed by atoms with E-state index in [1.54, 1.807) is 0 Å². The smallest absolute Gasteiger partial charge is 0.323 e. The maximum Gasteiger partial charge on any atom is 0.323 e. The molecule has 2 aliphatic heterocycles. The molecule has 0 aromatic heterocycles. The molecular formula is C28H38N2O5. The Balaban J connectivity index is 1.52. The predicted octanol–water partition coefficient (Wildman–Crippen LogP) is 3.99. The second-order valence-electron chi connectivity index (χ2n) is 10.5. The molecule has 3 N–H and O–H groups in total. The number of hydrogen-bond acceptors (Lipinski definition) is 7. The fourth-order valence-electron chi connectivity index (χ4n) is 4.79. The Morgan fingerprint density at radius 2 is 1.71 bits per heavy atom. The van der Waals surface area contributed by atoms with Gasteiger partial charge in [-0.15, -0.1) is 0 Å². The lowest BCUT2D eigenvalue weighted by molar-refractivity contribution is -0.253. The number of likely N-dealkylation sites (tertiary alicyclic amines) is 1. The van der Waals surface area contributed by atoms with Crippen LogP contribution >= 0.6 is 0 Å². The standard InChI is InChI=1S/C28H38N2O5/c1-28(2,3)35-26(32)24-5-4-14-30(24)17-23-15-25(21-10-8-20(18-31)9-11-21)34-27(33-23)22-12-6-19(16-29)7-13-22/h6-13,23-25,27,31H,4-5,14-18,29H2,1-3H3/t23-,24+,25+,27+/m1/s1. The molecule has 190 valence electrons. The molecule has 4 rings (SSSR count). The highest BCUT2D eigenvalue weighted by molar-refractivity contribution is 5.76. The van der Waals surface area contributed by atoms with Crippen LogP contribution in [0.2, 0.25) is 0 Å². The van der Waals surface area contributed by atoms with Gasteiger partial charge in [-0.25, -0.2) is 0 Å². The minimum Gasteiger partial charge on any atom is -0.459 e. The summed E-state index contributed by atoms with van der Waals surface area (Å²) >= 11 is 0. The number of hydrogen-bond donors (Lipinski definition) is 2. The van der Waals surface area contributed by atoms with E-state index in [2.05, 4.69) is 4.90 Å². The molecule has 7 nitrogen and oxygen atoms in total. The Morgan fingerprint density at radius 3 is 2.34 bits per heavy atom. The van der Waals surface area contributed by atoms with E-state index in [9.17, 15) is 9.90 Å². The van der Waals surface area contributed by atoms with E-state index in [1.807, 2.05) is 69.3 Å². The summed E-state index contributed by atoms with van der Waals surface area (Å²) in [6.45, 7) is 7.67. The van der Waals surface area contributed by atoms with Gasteiger partial charge in [-0.1, -0.05) is 48.5 Å². The normalized spacial score (nSPS) is 25.5. The Labute approximate surface area is 208 Å². The van der Waals surface area contributed by atoms with Crippen LogP contribution in [0.15, 0.2) is 48.5 Å². The predicted molar refractivity (Wildman–Crippen MR) is 133 cm³/mol. The number of ether oxygens (including phenoxy) is 3. The van der Waals surface area contributed by atoms with Crippen LogP contribution in [0.3, 0.4) is 0 Å². The summed E-state index contributed by atoms with van der Waals surface area (Å²) in [5, 5.41) is 9.41. The molecule has 0 bridgehead atoms. The van der Waals surface area contributed by atoms with Crippen molar-refractivity contribution in [1.29, 1.82) is 0 Å². The summed E-state index contributed by atoms with van der Waals surface area (Å²) in [4.78, 5) is 15.0. The first-order chi connectivity index (χ1) is 16.8. The van der Waals surface area contributed by atoms with Gasteiger partial charge >= 0.3 is 5.97 Å². The number of carbonyl (C=O) groups excluding carboxylic acids is 1. The third kappa shape index (κ3) is 6.68. The third-order valence-electron chi connectivity index (χ3n) is 6.58. The molecule has 2 fully saturated rings. The highest BCUT2D eigenvalue weighted by atomic mass is 16.7. The molecule has 0 spiro atoms. The van der Waals surface area contributed by atoms with Gasteiger partial charge in [0.2, 0.25) is 0 Å². The fraction of sp³-hybridized carbons (Fsp3) is 0.536. The van der Waals surface area contributed by atoms with Gasteiger partial charge in [0.15, 0.2) is 6.29 Å². The molecule has 2 saturated heterocycles. The molecule has 7 heteroatoms. The largest absolute Gasteiger partial charge is 0.459 e. The van der Waals surface area contributed by atoms with Crippen LogP contribution in [0, 0.1) is 0 Å². The Morgan fingerprint density at radius 1 is 1.06 bits per heavy atom. The molecule has 35 heavy (non-hydrogen) atoms. The van der Waals surface area contributed by atoms with Gasteiger partial charge in [0.05, 0.1) is 18.8 Å². The highest BCUT2D eigenvalue weighted by Crippen LogP contribution is 2.38. The van der Waals surface area contributed by atoms with Crippen molar-refractivity contribution < 1.29 is 24.1 Å². The second kappa shape index (κ2) is 11.2. The molecule has 0 saturated carbocycles. The van der Waals surface area contributed by atoms with Crippen molar-refractivity contribution in [2.45, 2.75) is 83.3 Å². The SMILES string of the molecule is CC(C)(C)OC(=O)[C@@H]1CCCN1C[C@H]1C[C@@H](c2ccc(CO)cc2)O[C@@H](c2ccc(CN)cc2)O1. The molecule has 4 atom stereocenters. The summed E-state index contributed by atoms with van der Waals surface area (Å²) in [7, 11) is 0. The molecular weight excluding hydrogens is 444 g/mol. The van der Waals surface area contributed by atoms with Crippen molar-refractivity contribution in [3.63, 3.8) is 0 Å². The third-order valence-corrected chi connectivity index (χ3v) is 6.58. The summed E-state index contributed by atoms with van der Waals surface area (Å²) in [6, 6.07) is 15.6. The Hall–Kier alpha value is -2.29. The summed E-state index contributed by atoms with van der Waals surface area (Å²) in [6.07, 6.45) is 1.63. The number of nitrogens with two attached hydrogens (primary N) is 1. The van der Waals surface area contributed by atoms with E-state index in [4.69, 9.17) is 19.9 Å². The Bertz CT molecular complexity index is 915. The highest BCUT2D eigenvalue weighted by Gasteiger charge is 2.38. The quantitative estimate of drug-likeness (QED) is 0.576. The van der Waals surface area contributed by atoms with Crippen molar-refractivity contribution in [2.24, 2.45) is 5.73 Å². The molecule has 0 amide bonds. The maximum absolute atomic E-state index is 12.8. The lowest BCUT2D eigenvalue weighted by Gasteiger charge is -2.38. The summed E-state index contributed by atoms with van der Waals surface area (Å²) < 4.78 is 18.5. The van der Waals surface area contributed by atoms with E-state index >= 15 is 0 Å². The molecule has 0 radical (unpaired) electrons. The van der Waals surface area contributed by atoms with Gasteiger partial charge in [0, 0.05) is 25.1 Å². The first-order valence-electron chi connectivity index (χ1n) is 12.5. The molecule has 0 unspecified atom stereocenters. The van der Waals surface area contributed by atoms with Crippen LogP contribution in [0.25, 0.3) is 0 Å². The van der Waals surface area contributed by atoms with Gasteiger partial charge in [-0.2, -0.15) is 0 Å². The topological polar surface area (TPSA) is 94.2 Å². The van der Waals surface area contributed by atoms with Crippen molar-refractivity contribution >= 4 is 5.97 Å². The number of carbonyl (C=O) groups is 1. The molecule has 2 aromatic carbocycles. The van der Waals surface area contributed by atoms with Crippen LogP contribution in [-0.4, -0.2) is 46.8 Å². The minimum absolute atomic E-state index is 0.00860. The van der Waals surface area contributed by atoms with E-state index < -0.39 is 11.9 Å². The first kappa shape index (κ1) is 25.8. The van der Waals surface area contributed by atoms with Gasteiger partial charge < -0.3 is 25.1 Å². The zero-order valence-corrected chi connectivity index (χ0v) is 21.0. The number of rotatable bonds is 7. The number of aliphatic hydroxyl groups is 1. The second-order valence-corrected chi connectivity index (χ2v) is 10.5. The monoisotopic (exact) mass is 482 g/mol. The zero-order chi connectivity index (χ0) is 25.0. The average Bonchev–Trinajstić information content (AvgIpc) is 3.31. The van der Waals surface area contributed by atoms with Gasteiger partial charge in [-0.05, 0) is 56.8 Å². The van der Waals surface area contributed by atoms with Gasteiger partial charge in [0.25, 0.3) is 0 Å². The lowest BCUT2D eigenvalue weighted by Crippen LogP contribution is -2.45. The number of esters is 1. The van der Waals surface area contributed by atoms with Crippen LogP contribution in [-0.2, 0) is 32.2 Å². The summed E-state index contributed by atoms with van der Waals surface area (Å²) in [5.41, 5.74) is 9.16. The van der Waals surface area contributed by atoms with E-state index in [0.29, 0.717) is 19.5 Å². The molecule has 0 aliphatic carbocycles. The van der Waals surface area contributed by atoms with Crippen molar-refractivity contribution in [2.75, 3.05) is 13.1 Å². The average molecular weight is 483 g/mol. The van der Waals surface area contributed by atoms with Crippen molar-refractivity contribution in [3.05, 3.63) is 70.8 Å². The van der Waals surface area contributed by atoms with Crippen molar-refractivity contribution in [1.82, 2.24) is 4.90 Å². The first-order valence-corrected chi connectivity index (χ1v) is 12.5. The number of nitrogens with zero attached hydrogens (tertiary/aromatic N) is 1. The number of aliphatic hydroxyl groups excluding tert-OH is 1. The van der Waals surface area contributed by atoms with E-state index in [1.165, 1.54) is 0 Å². The van der Waals surface area contributed by atoms with E-state index in [0.717, 1.165) is 41.6 Å². The van der Waals surface area contributed by atoms with Gasteiger partial charge in [0.1, 0.15) is 11.6 Å². The fourth-order valence-corrected chi connectivity index (χ4v) is 4.79. The van der Waals surface area contributed by atoms with Crippen LogP contribution in [0.5, 0.6) is 0 Å². The molecule has 2 aliphatic rings. The van der Waals surface area contributed by atoms with Crippen LogP contribution < -0.4 is 5.73 Å². The Kier molecular flexibility index (Phi) is 8.24. The summed E-state index contributed by atoms with van der Waals surface area (Å²) in [5.74, 6) is -0.160.